The van der Waals surface area contributed by atoms with Gasteiger partial charge in [-0.3, -0.25) is 0 Å². The molecule has 1 saturated heterocycles. The first-order chi connectivity index (χ1) is 11.7. The number of aliphatic hydroxyl groups excluding tert-OH is 1. The topological polar surface area (TPSA) is 34.0 Å². The lowest BCUT2D eigenvalue weighted by Gasteiger charge is -2.28. The first kappa shape index (κ1) is 15.6. The van der Waals surface area contributed by atoms with Gasteiger partial charge in [0.1, 0.15) is 38.8 Å². The van der Waals surface area contributed by atoms with Gasteiger partial charge in [-0.15, -0.1) is 0 Å². The highest BCUT2D eigenvalue weighted by Gasteiger charge is 2.23. The van der Waals surface area contributed by atoms with E-state index in [1.54, 1.807) is 4.90 Å². The van der Waals surface area contributed by atoms with E-state index >= 15 is 0 Å². The van der Waals surface area contributed by atoms with Gasteiger partial charge in [-0.1, -0.05) is 36.4 Å². The fourth-order valence-electron chi connectivity index (χ4n) is 4.04. The fourth-order valence-corrected chi connectivity index (χ4v) is 4.04. The summed E-state index contributed by atoms with van der Waals surface area (Å²) in [5, 5.41) is 13.3. The zero-order valence-electron chi connectivity index (χ0n) is 14.3. The van der Waals surface area contributed by atoms with Crippen molar-refractivity contribution in [3.63, 3.8) is 0 Å². The minimum Gasteiger partial charge on any atom is -0.385 e. The number of benzene rings is 2. The molecule has 1 aromatic heterocycles. The molecule has 0 bridgehead atoms. The summed E-state index contributed by atoms with van der Waals surface area (Å²) >= 11 is 0. The summed E-state index contributed by atoms with van der Waals surface area (Å²) in [7, 11) is 2.26. The van der Waals surface area contributed by atoms with E-state index in [2.05, 4.69) is 60.1 Å². The Morgan fingerprint density at radius 3 is 2.04 bits per heavy atom. The van der Waals surface area contributed by atoms with Gasteiger partial charge in [0.2, 0.25) is 0 Å². The third-order valence-electron chi connectivity index (χ3n) is 5.41. The quantitative estimate of drug-likeness (QED) is 0.598. The van der Waals surface area contributed by atoms with Crippen molar-refractivity contribution in [2.24, 2.45) is 0 Å². The minimum absolute atomic E-state index is 0.308. The molecule has 126 valence electrons. The summed E-state index contributed by atoms with van der Waals surface area (Å²) < 4.78 is 2.29. The third kappa shape index (κ3) is 2.93. The van der Waals surface area contributed by atoms with Crippen LogP contribution in [0.5, 0.6) is 0 Å². The second-order valence-electron chi connectivity index (χ2n) is 7.21. The molecule has 1 aliphatic heterocycles. The maximum atomic E-state index is 10.7. The van der Waals surface area contributed by atoms with Gasteiger partial charge in [-0.25, -0.2) is 0 Å². The van der Waals surface area contributed by atoms with Crippen LogP contribution in [0.3, 0.4) is 0 Å². The zero-order valence-corrected chi connectivity index (χ0v) is 14.3. The van der Waals surface area contributed by atoms with Crippen LogP contribution in [-0.2, 0) is 6.54 Å². The van der Waals surface area contributed by atoms with Crippen molar-refractivity contribution in [2.45, 2.75) is 12.6 Å². The van der Waals surface area contributed by atoms with Crippen LogP contribution in [-0.4, -0.2) is 55.5 Å². The van der Waals surface area contributed by atoms with E-state index in [0.29, 0.717) is 6.54 Å². The highest BCUT2D eigenvalue weighted by Crippen LogP contribution is 2.28. The molecule has 3 aromatic rings. The van der Waals surface area contributed by atoms with Gasteiger partial charge in [0.25, 0.3) is 0 Å². The van der Waals surface area contributed by atoms with Crippen LogP contribution in [0.1, 0.15) is 0 Å². The van der Waals surface area contributed by atoms with Crippen molar-refractivity contribution in [3.8, 4) is 0 Å². The van der Waals surface area contributed by atoms with Crippen molar-refractivity contribution < 1.29 is 14.9 Å². The summed E-state index contributed by atoms with van der Waals surface area (Å²) in [6.45, 7) is 6.25. The SMILES string of the molecule is C[NH+]1CC[NH+](C[C@H](O)Cn2c3ccccc3c3ccccc32)CC1. The molecular formula is C20H27N3O+2. The number of hydrogen-bond acceptors (Lipinski definition) is 1. The molecule has 0 unspecified atom stereocenters. The summed E-state index contributed by atoms with van der Waals surface area (Å²) in [5.74, 6) is 0. The first-order valence-electron chi connectivity index (χ1n) is 9.01. The number of likely N-dealkylation sites (N-methyl/N-ethyl adjacent to an activating group) is 1. The Morgan fingerprint density at radius 1 is 0.917 bits per heavy atom. The predicted octanol–water partition coefficient (Wildman–Crippen LogP) is -0.431. The number of quaternary nitrogens is 2. The van der Waals surface area contributed by atoms with Gasteiger partial charge in [-0.05, 0) is 12.1 Å². The number of nitrogens with zero attached hydrogens (tertiary/aromatic N) is 1. The molecule has 3 N–H and O–H groups in total. The van der Waals surface area contributed by atoms with Gasteiger partial charge in [0.05, 0.1) is 13.6 Å². The number of fused-ring (bicyclic) bond motifs is 3. The van der Waals surface area contributed by atoms with Crippen molar-refractivity contribution >= 4 is 21.8 Å². The van der Waals surface area contributed by atoms with Crippen LogP contribution in [0.25, 0.3) is 21.8 Å². The molecule has 0 radical (unpaired) electrons. The maximum Gasteiger partial charge on any atom is 0.127 e. The lowest BCUT2D eigenvalue weighted by Crippen LogP contribution is -3.27. The van der Waals surface area contributed by atoms with Gasteiger partial charge < -0.3 is 19.5 Å². The largest absolute Gasteiger partial charge is 0.385 e. The van der Waals surface area contributed by atoms with Crippen molar-refractivity contribution in [1.82, 2.24) is 4.57 Å². The molecule has 4 nitrogen and oxygen atoms in total. The van der Waals surface area contributed by atoms with Gasteiger partial charge in [-0.2, -0.15) is 0 Å². The standard InChI is InChI=1S/C20H25N3O/c1-21-10-12-22(13-11-21)14-16(24)15-23-19-8-4-2-6-17(19)18-7-3-5-9-20(18)23/h2-9,16,24H,10-15H2,1H3/p+2/t16-/m0/s1. The minimum atomic E-state index is -0.308. The number of aliphatic hydroxyl groups is 1. The normalized spacial score (nSPS) is 22.9. The van der Waals surface area contributed by atoms with E-state index < -0.39 is 0 Å². The lowest BCUT2D eigenvalue weighted by molar-refractivity contribution is -1.00. The van der Waals surface area contributed by atoms with E-state index in [1.165, 1.54) is 39.8 Å². The van der Waals surface area contributed by atoms with Crippen LogP contribution in [0.4, 0.5) is 0 Å². The average molecular weight is 325 g/mol. The van der Waals surface area contributed by atoms with E-state index in [1.807, 2.05) is 0 Å². The van der Waals surface area contributed by atoms with Crippen molar-refractivity contribution in [2.75, 3.05) is 39.8 Å². The molecular weight excluding hydrogens is 298 g/mol. The summed E-state index contributed by atoms with van der Waals surface area (Å²) in [6, 6.07) is 17.0. The molecule has 0 amide bonds. The van der Waals surface area contributed by atoms with Gasteiger partial charge in [0.15, 0.2) is 0 Å². The number of nitrogens with one attached hydrogen (secondary N) is 2. The van der Waals surface area contributed by atoms with E-state index in [-0.39, 0.29) is 6.10 Å². The predicted molar refractivity (Wildman–Crippen MR) is 97.6 cm³/mol. The second kappa shape index (κ2) is 6.55. The highest BCUT2D eigenvalue weighted by atomic mass is 16.3. The molecule has 2 aromatic carbocycles. The molecule has 4 heteroatoms. The summed E-state index contributed by atoms with van der Waals surface area (Å²) in [5.41, 5.74) is 2.44. The Balaban J connectivity index is 1.59. The number of para-hydroxylation sites is 2. The van der Waals surface area contributed by atoms with Crippen LogP contribution < -0.4 is 9.80 Å². The van der Waals surface area contributed by atoms with Gasteiger partial charge in [0, 0.05) is 21.8 Å². The Kier molecular flexibility index (Phi) is 4.27. The number of piperazine rings is 1. The van der Waals surface area contributed by atoms with Crippen LogP contribution in [0.2, 0.25) is 0 Å². The second-order valence-corrected chi connectivity index (χ2v) is 7.21. The number of rotatable bonds is 4. The highest BCUT2D eigenvalue weighted by molar-refractivity contribution is 6.07. The van der Waals surface area contributed by atoms with Crippen molar-refractivity contribution in [3.05, 3.63) is 48.5 Å². The monoisotopic (exact) mass is 325 g/mol. The number of aromatic nitrogens is 1. The Morgan fingerprint density at radius 2 is 1.46 bits per heavy atom. The van der Waals surface area contributed by atoms with Crippen LogP contribution in [0, 0.1) is 0 Å². The molecule has 0 aliphatic carbocycles. The van der Waals surface area contributed by atoms with E-state index in [4.69, 9.17) is 0 Å². The zero-order chi connectivity index (χ0) is 16.5. The molecule has 1 aliphatic rings. The van der Waals surface area contributed by atoms with Crippen LogP contribution in [0.15, 0.2) is 48.5 Å². The third-order valence-corrected chi connectivity index (χ3v) is 5.41. The molecule has 2 heterocycles. The van der Waals surface area contributed by atoms with Gasteiger partial charge >= 0.3 is 0 Å². The average Bonchev–Trinajstić information content (AvgIpc) is 2.92. The molecule has 1 atom stereocenters. The summed E-state index contributed by atoms with van der Waals surface area (Å²) in [6.07, 6.45) is -0.308. The molecule has 4 rings (SSSR count). The van der Waals surface area contributed by atoms with Crippen molar-refractivity contribution in [1.29, 1.82) is 0 Å². The van der Waals surface area contributed by atoms with Crippen LogP contribution >= 0.6 is 0 Å². The summed E-state index contributed by atoms with van der Waals surface area (Å²) in [4.78, 5) is 3.14. The maximum absolute atomic E-state index is 10.7. The Hall–Kier alpha value is -1.88. The molecule has 24 heavy (non-hydrogen) atoms. The number of hydrogen-bond donors (Lipinski definition) is 3. The molecule has 0 saturated carbocycles. The first-order valence-corrected chi connectivity index (χ1v) is 9.01. The lowest BCUT2D eigenvalue weighted by atomic mass is 10.2. The molecule has 0 spiro atoms. The van der Waals surface area contributed by atoms with E-state index in [9.17, 15) is 5.11 Å². The smallest absolute Gasteiger partial charge is 0.127 e. The fraction of sp³-hybridized carbons (Fsp3) is 0.400. The Bertz CT molecular complexity index is 780. The molecule has 1 fully saturated rings. The van der Waals surface area contributed by atoms with E-state index in [0.717, 1.165) is 19.6 Å². The Labute approximate surface area is 142 Å².